The zero-order valence-electron chi connectivity index (χ0n) is 24.6. The summed E-state index contributed by atoms with van der Waals surface area (Å²) < 4.78 is 16.5. The van der Waals surface area contributed by atoms with Crippen LogP contribution in [-0.4, -0.2) is 41.6 Å². The van der Waals surface area contributed by atoms with Crippen molar-refractivity contribution in [3.05, 3.63) is 100 Å². The molecule has 0 fully saturated rings. The fourth-order valence-corrected chi connectivity index (χ4v) is 5.59. The van der Waals surface area contributed by atoms with E-state index >= 15 is 0 Å². The van der Waals surface area contributed by atoms with Gasteiger partial charge in [0.25, 0.3) is 0 Å². The first-order valence-electron chi connectivity index (χ1n) is 14.4. The summed E-state index contributed by atoms with van der Waals surface area (Å²) >= 11 is 0. The van der Waals surface area contributed by atoms with Crippen LogP contribution in [0, 0.1) is 0 Å². The summed E-state index contributed by atoms with van der Waals surface area (Å²) in [7, 11) is 1.35. The van der Waals surface area contributed by atoms with Gasteiger partial charge < -0.3 is 19.5 Å². The minimum absolute atomic E-state index is 0.0817. The van der Waals surface area contributed by atoms with Crippen molar-refractivity contribution in [1.29, 1.82) is 0 Å². The van der Waals surface area contributed by atoms with Crippen molar-refractivity contribution in [3.63, 3.8) is 0 Å². The van der Waals surface area contributed by atoms with Gasteiger partial charge in [0.15, 0.2) is 0 Å². The normalized spacial score (nSPS) is 17.9. The predicted octanol–water partition coefficient (Wildman–Crippen LogP) is 5.91. The highest BCUT2D eigenvalue weighted by Gasteiger charge is 2.38. The first-order valence-corrected chi connectivity index (χ1v) is 14.4. The van der Waals surface area contributed by atoms with Crippen LogP contribution in [0.5, 0.6) is 5.75 Å². The van der Waals surface area contributed by atoms with Gasteiger partial charge in [-0.2, -0.15) is 0 Å². The molecule has 42 heavy (non-hydrogen) atoms. The number of rotatable bonds is 6. The highest BCUT2D eigenvalue weighted by Crippen LogP contribution is 2.32. The van der Waals surface area contributed by atoms with Crippen LogP contribution in [0.1, 0.15) is 77.8 Å². The molecule has 0 saturated carbocycles. The topological polar surface area (TPSA) is 94.2 Å². The van der Waals surface area contributed by atoms with Crippen molar-refractivity contribution in [1.82, 2.24) is 10.2 Å². The summed E-state index contributed by atoms with van der Waals surface area (Å²) in [6.07, 6.45) is 2.74. The number of aryl methyl sites for hydroxylation is 1. The molecular weight excluding hydrogens is 532 g/mol. The molecule has 0 aromatic heterocycles. The standard InChI is InChI=1S/C34H38N2O6/c1-34(2,3)42-33(39)36-20-26-18-27(41-21-22-12-14-24(15-13-22)32(38)40-4)17-16-25(26)19-30(36)31(37)35-29-11-7-9-23-8-5-6-10-28(23)29/h5-6,8,10,12-18,29-30H,7,9,11,19-21H2,1-4H3,(H,35,37)/t29?,30-/m0/s1. The molecule has 220 valence electrons. The highest BCUT2D eigenvalue weighted by atomic mass is 16.6. The molecule has 3 aromatic rings. The third-order valence-electron chi connectivity index (χ3n) is 7.71. The lowest BCUT2D eigenvalue weighted by Gasteiger charge is -2.38. The number of fused-ring (bicyclic) bond motifs is 2. The monoisotopic (exact) mass is 570 g/mol. The Morgan fingerprint density at radius 3 is 2.45 bits per heavy atom. The molecule has 0 spiro atoms. The zero-order chi connectivity index (χ0) is 29.9. The first-order chi connectivity index (χ1) is 20.1. The van der Waals surface area contributed by atoms with E-state index in [4.69, 9.17) is 14.2 Å². The molecule has 0 saturated heterocycles. The number of carbonyl (C=O) groups excluding carboxylic acids is 3. The minimum Gasteiger partial charge on any atom is -0.489 e. The molecular formula is C34H38N2O6. The molecule has 1 unspecified atom stereocenters. The first kappa shape index (κ1) is 29.2. The van der Waals surface area contributed by atoms with E-state index in [-0.39, 0.29) is 24.5 Å². The number of methoxy groups -OCH3 is 1. The van der Waals surface area contributed by atoms with Crippen LogP contribution in [0.2, 0.25) is 0 Å². The average Bonchev–Trinajstić information content (AvgIpc) is 2.98. The van der Waals surface area contributed by atoms with Gasteiger partial charge in [0.05, 0.1) is 25.3 Å². The van der Waals surface area contributed by atoms with Crippen molar-refractivity contribution in [2.45, 2.75) is 77.3 Å². The van der Waals surface area contributed by atoms with Gasteiger partial charge >= 0.3 is 12.1 Å². The van der Waals surface area contributed by atoms with E-state index < -0.39 is 17.7 Å². The van der Waals surface area contributed by atoms with Crippen LogP contribution in [0.15, 0.2) is 66.7 Å². The second-order valence-electron chi connectivity index (χ2n) is 11.9. The molecule has 3 aromatic carbocycles. The summed E-state index contributed by atoms with van der Waals surface area (Å²) in [6, 6.07) is 20.3. The molecule has 1 aliphatic carbocycles. The maximum atomic E-state index is 13.8. The van der Waals surface area contributed by atoms with Gasteiger partial charge in [-0.15, -0.1) is 0 Å². The Morgan fingerprint density at radius 1 is 0.952 bits per heavy atom. The second kappa shape index (κ2) is 12.3. The van der Waals surface area contributed by atoms with E-state index in [0.717, 1.165) is 41.5 Å². The Morgan fingerprint density at radius 2 is 1.71 bits per heavy atom. The SMILES string of the molecule is COC(=O)c1ccc(COc2ccc3c(c2)CN(C(=O)OC(C)(C)C)[C@H](C(=O)NC2CCCc4ccccc42)C3)cc1. The molecule has 2 atom stereocenters. The Kier molecular flexibility index (Phi) is 8.52. The number of ether oxygens (including phenoxy) is 3. The van der Waals surface area contributed by atoms with Gasteiger partial charge in [-0.25, -0.2) is 9.59 Å². The minimum atomic E-state index is -0.699. The van der Waals surface area contributed by atoms with Crippen LogP contribution in [0.3, 0.4) is 0 Å². The van der Waals surface area contributed by atoms with E-state index in [1.165, 1.54) is 17.6 Å². The van der Waals surface area contributed by atoms with Gasteiger partial charge in [0, 0.05) is 6.42 Å². The third-order valence-corrected chi connectivity index (χ3v) is 7.71. The van der Waals surface area contributed by atoms with Gasteiger partial charge in [0.1, 0.15) is 24.0 Å². The predicted molar refractivity (Wildman–Crippen MR) is 158 cm³/mol. The number of hydrogen-bond donors (Lipinski definition) is 1. The van der Waals surface area contributed by atoms with E-state index in [2.05, 4.69) is 17.4 Å². The zero-order valence-corrected chi connectivity index (χ0v) is 24.6. The van der Waals surface area contributed by atoms with Gasteiger partial charge in [-0.3, -0.25) is 9.69 Å². The van der Waals surface area contributed by atoms with E-state index in [1.807, 2.05) is 63.2 Å². The van der Waals surface area contributed by atoms with Gasteiger partial charge in [-0.05, 0) is 92.1 Å². The summed E-state index contributed by atoms with van der Waals surface area (Å²) in [5.41, 5.74) is 4.99. The molecule has 1 aliphatic heterocycles. The number of hydrogen-bond acceptors (Lipinski definition) is 6. The van der Waals surface area contributed by atoms with Gasteiger partial charge in [-0.1, -0.05) is 42.5 Å². The lowest BCUT2D eigenvalue weighted by molar-refractivity contribution is -0.128. The maximum absolute atomic E-state index is 13.8. The van der Waals surface area contributed by atoms with Crippen molar-refractivity contribution < 1.29 is 28.6 Å². The number of amides is 2. The van der Waals surface area contributed by atoms with Crippen LogP contribution >= 0.6 is 0 Å². The molecule has 8 nitrogen and oxygen atoms in total. The third kappa shape index (κ3) is 6.75. The summed E-state index contributed by atoms with van der Waals surface area (Å²) in [6.45, 7) is 6.00. The molecule has 1 N–H and O–H groups in total. The van der Waals surface area contributed by atoms with Crippen molar-refractivity contribution in [2.75, 3.05) is 7.11 Å². The van der Waals surface area contributed by atoms with Crippen LogP contribution in [-0.2, 0) is 40.3 Å². The Labute approximate surface area is 247 Å². The lowest BCUT2D eigenvalue weighted by atomic mass is 9.87. The number of nitrogens with one attached hydrogen (secondary N) is 1. The molecule has 2 aliphatic rings. The fraction of sp³-hybridized carbons (Fsp3) is 0.382. The summed E-state index contributed by atoms with van der Waals surface area (Å²) in [4.78, 5) is 40.4. The largest absolute Gasteiger partial charge is 0.489 e. The smallest absolute Gasteiger partial charge is 0.411 e. The molecule has 0 radical (unpaired) electrons. The molecule has 0 bridgehead atoms. The fourth-order valence-electron chi connectivity index (χ4n) is 5.59. The Hall–Kier alpha value is -4.33. The number of benzene rings is 3. The number of esters is 1. The summed E-state index contributed by atoms with van der Waals surface area (Å²) in [5.74, 6) is 0.0860. The van der Waals surface area contributed by atoms with E-state index in [0.29, 0.717) is 24.3 Å². The van der Waals surface area contributed by atoms with Gasteiger partial charge in [0.2, 0.25) is 5.91 Å². The Balaban J connectivity index is 1.33. The van der Waals surface area contributed by atoms with Crippen LogP contribution < -0.4 is 10.1 Å². The molecule has 1 heterocycles. The van der Waals surface area contributed by atoms with Crippen molar-refractivity contribution in [2.24, 2.45) is 0 Å². The number of nitrogens with zero attached hydrogens (tertiary/aromatic N) is 1. The second-order valence-corrected chi connectivity index (χ2v) is 11.9. The van der Waals surface area contributed by atoms with Crippen LogP contribution in [0.25, 0.3) is 0 Å². The van der Waals surface area contributed by atoms with E-state index in [1.54, 1.807) is 12.1 Å². The van der Waals surface area contributed by atoms with Crippen LogP contribution in [0.4, 0.5) is 4.79 Å². The molecule has 2 amide bonds. The highest BCUT2D eigenvalue weighted by molar-refractivity contribution is 5.89. The quantitative estimate of drug-likeness (QED) is 0.371. The van der Waals surface area contributed by atoms with Crippen molar-refractivity contribution >= 4 is 18.0 Å². The Bertz CT molecular complexity index is 1460. The average molecular weight is 571 g/mol. The maximum Gasteiger partial charge on any atom is 0.411 e. The summed E-state index contributed by atoms with van der Waals surface area (Å²) in [5, 5.41) is 3.25. The number of carbonyl (C=O) groups is 3. The molecule has 5 rings (SSSR count). The lowest BCUT2D eigenvalue weighted by Crippen LogP contribution is -2.54. The molecule has 8 heteroatoms. The van der Waals surface area contributed by atoms with Crippen molar-refractivity contribution in [3.8, 4) is 5.75 Å². The van der Waals surface area contributed by atoms with E-state index in [9.17, 15) is 14.4 Å².